The first-order valence-electron chi connectivity index (χ1n) is 4.61. The number of imidazole rings is 1. The Morgan fingerprint density at radius 1 is 1.29 bits per heavy atom. The van der Waals surface area contributed by atoms with Crippen LogP contribution in [-0.4, -0.2) is 16.2 Å². The highest BCUT2D eigenvalue weighted by Crippen LogP contribution is 2.14. The van der Waals surface area contributed by atoms with Crippen molar-refractivity contribution in [1.29, 1.82) is 0 Å². The molecule has 1 aromatic carbocycles. The fourth-order valence-corrected chi connectivity index (χ4v) is 1.29. The lowest BCUT2D eigenvalue weighted by Gasteiger charge is -2.04. The number of rotatable bonds is 3. The molecule has 0 saturated carbocycles. The Kier molecular flexibility index (Phi) is 2.49. The number of aromatic nitrogens is 2. The van der Waals surface area contributed by atoms with Crippen LogP contribution in [0.3, 0.4) is 0 Å². The van der Waals surface area contributed by atoms with Crippen LogP contribution in [0.15, 0.2) is 43.0 Å². The molecule has 0 saturated heterocycles. The predicted molar refractivity (Wildman–Crippen MR) is 54.7 cm³/mol. The molecule has 1 heterocycles. The van der Waals surface area contributed by atoms with Crippen LogP contribution in [0.4, 0.5) is 0 Å². The van der Waals surface area contributed by atoms with Gasteiger partial charge in [0.05, 0.1) is 12.9 Å². The van der Waals surface area contributed by atoms with Crippen molar-refractivity contribution >= 4 is 0 Å². The molecule has 0 N–H and O–H groups in total. The zero-order chi connectivity index (χ0) is 9.80. The van der Waals surface area contributed by atoms with Gasteiger partial charge in [-0.2, -0.15) is 0 Å². The molecule has 0 unspecified atom stereocenters. The van der Waals surface area contributed by atoms with Crippen molar-refractivity contribution < 1.29 is 4.74 Å². The summed E-state index contributed by atoms with van der Waals surface area (Å²) < 4.78 is 7.31. The summed E-state index contributed by atoms with van der Waals surface area (Å²) in [7, 11) is 0. The average Bonchev–Trinajstić information content (AvgIpc) is 2.72. The van der Waals surface area contributed by atoms with Crippen molar-refractivity contribution in [2.45, 2.75) is 6.92 Å². The maximum Gasteiger partial charge on any atom is 0.119 e. The number of benzene rings is 1. The second-order valence-corrected chi connectivity index (χ2v) is 2.90. The Balaban J connectivity index is 2.22. The molecular weight excluding hydrogens is 176 g/mol. The molecule has 0 radical (unpaired) electrons. The van der Waals surface area contributed by atoms with Crippen molar-refractivity contribution in [3.8, 4) is 11.4 Å². The third kappa shape index (κ3) is 1.76. The zero-order valence-corrected chi connectivity index (χ0v) is 8.05. The lowest BCUT2D eigenvalue weighted by Crippen LogP contribution is -1.93. The fraction of sp³-hybridized carbons (Fsp3) is 0.182. The number of nitrogens with zero attached hydrogens (tertiary/aromatic N) is 2. The zero-order valence-electron chi connectivity index (χ0n) is 8.05. The minimum absolute atomic E-state index is 0.699. The first kappa shape index (κ1) is 8.81. The van der Waals surface area contributed by atoms with Gasteiger partial charge in [-0.05, 0) is 31.2 Å². The second-order valence-electron chi connectivity index (χ2n) is 2.90. The van der Waals surface area contributed by atoms with Gasteiger partial charge >= 0.3 is 0 Å². The van der Waals surface area contributed by atoms with Crippen molar-refractivity contribution in [3.05, 3.63) is 43.0 Å². The van der Waals surface area contributed by atoms with E-state index in [0.29, 0.717) is 6.61 Å². The molecule has 3 nitrogen and oxygen atoms in total. The first-order chi connectivity index (χ1) is 6.90. The quantitative estimate of drug-likeness (QED) is 0.738. The maximum absolute atomic E-state index is 5.35. The topological polar surface area (TPSA) is 27.1 Å². The minimum atomic E-state index is 0.699. The molecule has 0 aliphatic carbocycles. The van der Waals surface area contributed by atoms with E-state index in [0.717, 1.165) is 11.4 Å². The highest BCUT2D eigenvalue weighted by atomic mass is 16.5. The molecule has 0 aliphatic rings. The summed E-state index contributed by atoms with van der Waals surface area (Å²) in [5.74, 6) is 0.899. The molecule has 0 aliphatic heterocycles. The van der Waals surface area contributed by atoms with Gasteiger partial charge < -0.3 is 9.30 Å². The third-order valence-electron chi connectivity index (χ3n) is 1.95. The van der Waals surface area contributed by atoms with Crippen LogP contribution in [-0.2, 0) is 0 Å². The Labute approximate surface area is 83.0 Å². The Hall–Kier alpha value is -1.77. The van der Waals surface area contributed by atoms with Gasteiger partial charge in [-0.1, -0.05) is 0 Å². The fourth-order valence-electron chi connectivity index (χ4n) is 1.29. The standard InChI is InChI=1S/C11H12N2O/c1-2-14-11-5-3-10(4-6-11)13-8-7-12-9-13/h3-9H,2H2,1H3. The van der Waals surface area contributed by atoms with Gasteiger partial charge in [0.15, 0.2) is 0 Å². The van der Waals surface area contributed by atoms with Crippen molar-refractivity contribution in [2.75, 3.05) is 6.61 Å². The van der Waals surface area contributed by atoms with E-state index >= 15 is 0 Å². The van der Waals surface area contributed by atoms with E-state index in [4.69, 9.17) is 4.74 Å². The lowest BCUT2D eigenvalue weighted by atomic mass is 10.3. The van der Waals surface area contributed by atoms with E-state index in [-0.39, 0.29) is 0 Å². The van der Waals surface area contributed by atoms with Gasteiger partial charge in [0.25, 0.3) is 0 Å². The summed E-state index contributed by atoms with van der Waals surface area (Å²) in [4.78, 5) is 3.99. The second kappa shape index (κ2) is 3.96. The van der Waals surface area contributed by atoms with Crippen LogP contribution in [0.1, 0.15) is 6.92 Å². The molecule has 0 spiro atoms. The lowest BCUT2D eigenvalue weighted by molar-refractivity contribution is 0.340. The van der Waals surface area contributed by atoms with Crippen molar-refractivity contribution in [1.82, 2.24) is 9.55 Å². The predicted octanol–water partition coefficient (Wildman–Crippen LogP) is 2.27. The van der Waals surface area contributed by atoms with Gasteiger partial charge in [0, 0.05) is 18.1 Å². The van der Waals surface area contributed by atoms with Gasteiger partial charge in [-0.25, -0.2) is 4.98 Å². The van der Waals surface area contributed by atoms with E-state index in [1.807, 2.05) is 42.0 Å². The molecule has 0 amide bonds. The van der Waals surface area contributed by atoms with E-state index in [2.05, 4.69) is 4.98 Å². The van der Waals surface area contributed by atoms with Crippen molar-refractivity contribution in [2.24, 2.45) is 0 Å². The first-order valence-corrected chi connectivity index (χ1v) is 4.61. The Morgan fingerprint density at radius 2 is 2.07 bits per heavy atom. The Bertz CT molecular complexity index is 378. The van der Waals surface area contributed by atoms with E-state index in [1.54, 1.807) is 12.5 Å². The molecule has 14 heavy (non-hydrogen) atoms. The van der Waals surface area contributed by atoms with Crippen LogP contribution < -0.4 is 4.74 Å². The van der Waals surface area contributed by atoms with Crippen LogP contribution in [0.5, 0.6) is 5.75 Å². The number of hydrogen-bond donors (Lipinski definition) is 0. The van der Waals surface area contributed by atoms with Crippen LogP contribution in [0, 0.1) is 0 Å². The summed E-state index contributed by atoms with van der Waals surface area (Å²) in [6.45, 7) is 2.67. The molecular formula is C11H12N2O. The summed E-state index contributed by atoms with van der Waals surface area (Å²) in [5, 5.41) is 0. The number of hydrogen-bond acceptors (Lipinski definition) is 2. The van der Waals surface area contributed by atoms with E-state index in [1.165, 1.54) is 0 Å². The van der Waals surface area contributed by atoms with Crippen LogP contribution in [0.25, 0.3) is 5.69 Å². The monoisotopic (exact) mass is 188 g/mol. The maximum atomic E-state index is 5.35. The summed E-state index contributed by atoms with van der Waals surface area (Å²) in [5.41, 5.74) is 1.09. The molecule has 1 aromatic heterocycles. The summed E-state index contributed by atoms with van der Waals surface area (Å²) in [6, 6.07) is 7.93. The normalized spacial score (nSPS) is 10.1. The smallest absolute Gasteiger partial charge is 0.119 e. The van der Waals surface area contributed by atoms with Crippen LogP contribution in [0.2, 0.25) is 0 Å². The molecule has 0 bridgehead atoms. The molecule has 2 rings (SSSR count). The van der Waals surface area contributed by atoms with Gasteiger partial charge in [0.2, 0.25) is 0 Å². The van der Waals surface area contributed by atoms with E-state index < -0.39 is 0 Å². The number of ether oxygens (including phenoxy) is 1. The molecule has 0 fully saturated rings. The Morgan fingerprint density at radius 3 is 2.64 bits per heavy atom. The van der Waals surface area contributed by atoms with Crippen molar-refractivity contribution in [3.63, 3.8) is 0 Å². The molecule has 2 aromatic rings. The van der Waals surface area contributed by atoms with E-state index in [9.17, 15) is 0 Å². The largest absolute Gasteiger partial charge is 0.494 e. The SMILES string of the molecule is CCOc1ccc(-n2ccnc2)cc1. The molecule has 72 valence electrons. The molecule has 0 atom stereocenters. The highest BCUT2D eigenvalue weighted by Gasteiger charge is 1.95. The third-order valence-corrected chi connectivity index (χ3v) is 1.95. The highest BCUT2D eigenvalue weighted by molar-refractivity contribution is 5.37. The minimum Gasteiger partial charge on any atom is -0.494 e. The summed E-state index contributed by atoms with van der Waals surface area (Å²) >= 11 is 0. The van der Waals surface area contributed by atoms with Gasteiger partial charge in [0.1, 0.15) is 5.75 Å². The van der Waals surface area contributed by atoms with Crippen LogP contribution >= 0.6 is 0 Å². The molecule has 3 heteroatoms. The van der Waals surface area contributed by atoms with Gasteiger partial charge in [-0.3, -0.25) is 0 Å². The van der Waals surface area contributed by atoms with Gasteiger partial charge in [-0.15, -0.1) is 0 Å². The summed E-state index contributed by atoms with van der Waals surface area (Å²) in [6.07, 6.45) is 5.45. The average molecular weight is 188 g/mol.